The number of nitrogens with zero attached hydrogens (tertiary/aromatic N) is 2. The van der Waals surface area contributed by atoms with E-state index in [9.17, 15) is 9.90 Å². The maximum Gasteiger partial charge on any atom is 0.253 e. The number of carbonyl (C=O) groups excluding carboxylic acids is 1. The van der Waals surface area contributed by atoms with Gasteiger partial charge in [0.1, 0.15) is 22.3 Å². The number of aryl methyl sites for hydroxylation is 2. The number of nitrogen functional groups attached to an aromatic ring is 1. The summed E-state index contributed by atoms with van der Waals surface area (Å²) in [6.45, 7) is 4.21. The van der Waals surface area contributed by atoms with Gasteiger partial charge in [0.25, 0.3) is 5.91 Å². The van der Waals surface area contributed by atoms with E-state index >= 15 is 0 Å². The first-order valence-electron chi connectivity index (χ1n) is 8.07. The van der Waals surface area contributed by atoms with Gasteiger partial charge in [0.05, 0.1) is 23.2 Å². The molecule has 0 aliphatic carbocycles. The average Bonchev–Trinajstić information content (AvgIpc) is 3.16. The first kappa shape index (κ1) is 16.5. The van der Waals surface area contributed by atoms with Crippen LogP contribution in [0.25, 0.3) is 16.7 Å². The molecule has 7 nitrogen and oxygen atoms in total. The second-order valence-corrected chi connectivity index (χ2v) is 6.70. The first-order chi connectivity index (χ1) is 12.3. The number of pyridine rings is 1. The quantitative estimate of drug-likeness (QED) is 0.639. The van der Waals surface area contributed by atoms with E-state index < -0.39 is 5.91 Å². The van der Waals surface area contributed by atoms with Crippen molar-refractivity contribution in [3.05, 3.63) is 39.5 Å². The average molecular weight is 373 g/mol. The van der Waals surface area contributed by atoms with Gasteiger partial charge < -0.3 is 21.3 Å². The number of hydrogen-bond acceptors (Lipinski definition) is 5. The van der Waals surface area contributed by atoms with E-state index in [1.807, 2.05) is 13.8 Å². The van der Waals surface area contributed by atoms with Crippen molar-refractivity contribution in [2.45, 2.75) is 20.3 Å². The Kier molecular flexibility index (Phi) is 3.52. The SMILES string of the molecule is Cc1ccc(O)c(Cl)c1-n1c(N)c(C(N)=O)c2c3c(c(C)nc21)CCO3. The highest BCUT2D eigenvalue weighted by Crippen LogP contribution is 2.44. The van der Waals surface area contributed by atoms with Crippen molar-refractivity contribution in [3.8, 4) is 17.2 Å². The normalized spacial score (nSPS) is 13.0. The molecule has 0 unspecified atom stereocenters. The van der Waals surface area contributed by atoms with Gasteiger partial charge in [0.2, 0.25) is 0 Å². The van der Waals surface area contributed by atoms with Gasteiger partial charge in [-0.15, -0.1) is 0 Å². The van der Waals surface area contributed by atoms with Gasteiger partial charge in [0.15, 0.2) is 5.65 Å². The van der Waals surface area contributed by atoms with Gasteiger partial charge in [-0.3, -0.25) is 9.36 Å². The minimum Gasteiger partial charge on any atom is -0.506 e. The molecule has 0 spiro atoms. The highest BCUT2D eigenvalue weighted by molar-refractivity contribution is 6.34. The van der Waals surface area contributed by atoms with Gasteiger partial charge in [0, 0.05) is 17.7 Å². The molecule has 0 bridgehead atoms. The Morgan fingerprint density at radius 2 is 2.12 bits per heavy atom. The van der Waals surface area contributed by atoms with Crippen molar-refractivity contribution >= 4 is 34.4 Å². The van der Waals surface area contributed by atoms with Crippen LogP contribution < -0.4 is 16.2 Å². The third kappa shape index (κ3) is 2.07. The van der Waals surface area contributed by atoms with Crippen LogP contribution >= 0.6 is 11.6 Å². The van der Waals surface area contributed by atoms with Gasteiger partial charge in [-0.1, -0.05) is 17.7 Å². The fraction of sp³-hybridized carbons (Fsp3) is 0.222. The Hall–Kier alpha value is -2.93. The van der Waals surface area contributed by atoms with E-state index in [2.05, 4.69) is 4.98 Å². The zero-order valence-corrected chi connectivity index (χ0v) is 15.0. The van der Waals surface area contributed by atoms with E-state index in [-0.39, 0.29) is 22.2 Å². The number of fused-ring (bicyclic) bond motifs is 3. The molecule has 3 heterocycles. The van der Waals surface area contributed by atoms with E-state index in [0.717, 1.165) is 16.8 Å². The van der Waals surface area contributed by atoms with Gasteiger partial charge in [-0.25, -0.2) is 4.98 Å². The van der Waals surface area contributed by atoms with Crippen LogP contribution in [0.2, 0.25) is 5.02 Å². The second-order valence-electron chi connectivity index (χ2n) is 6.33. The van der Waals surface area contributed by atoms with Crippen molar-refractivity contribution in [2.24, 2.45) is 5.73 Å². The van der Waals surface area contributed by atoms with Crippen LogP contribution in [-0.2, 0) is 6.42 Å². The Bertz CT molecular complexity index is 1100. The van der Waals surface area contributed by atoms with Crippen molar-refractivity contribution in [1.29, 1.82) is 0 Å². The molecule has 26 heavy (non-hydrogen) atoms. The molecule has 1 aliphatic rings. The summed E-state index contributed by atoms with van der Waals surface area (Å²) < 4.78 is 7.33. The smallest absolute Gasteiger partial charge is 0.253 e. The Morgan fingerprint density at radius 3 is 2.81 bits per heavy atom. The Labute approximate surface area is 154 Å². The van der Waals surface area contributed by atoms with E-state index in [4.69, 9.17) is 27.8 Å². The fourth-order valence-corrected chi connectivity index (χ4v) is 3.85. The monoisotopic (exact) mass is 372 g/mol. The maximum atomic E-state index is 12.2. The van der Waals surface area contributed by atoms with Crippen LogP contribution in [0.1, 0.15) is 27.2 Å². The predicted octanol–water partition coefficient (Wildman–Crippen LogP) is 2.62. The molecule has 0 saturated carbocycles. The van der Waals surface area contributed by atoms with Crippen LogP contribution in [-0.4, -0.2) is 27.2 Å². The molecule has 5 N–H and O–H groups in total. The number of anilines is 1. The minimum atomic E-state index is -0.677. The molecule has 1 aliphatic heterocycles. The van der Waals surface area contributed by atoms with E-state index in [1.54, 1.807) is 10.6 Å². The molecule has 4 rings (SSSR count). The Morgan fingerprint density at radius 1 is 1.38 bits per heavy atom. The summed E-state index contributed by atoms with van der Waals surface area (Å²) in [5, 5.41) is 10.6. The summed E-state index contributed by atoms with van der Waals surface area (Å²) in [6, 6.07) is 3.21. The molecule has 134 valence electrons. The zero-order valence-electron chi connectivity index (χ0n) is 14.3. The highest BCUT2D eigenvalue weighted by atomic mass is 35.5. The number of hydrogen-bond donors (Lipinski definition) is 3. The highest BCUT2D eigenvalue weighted by Gasteiger charge is 2.30. The molecule has 0 atom stereocenters. The number of nitrogens with two attached hydrogens (primary N) is 2. The van der Waals surface area contributed by atoms with Crippen molar-refractivity contribution in [1.82, 2.24) is 9.55 Å². The number of primary amides is 1. The minimum absolute atomic E-state index is 0.0942. The van der Waals surface area contributed by atoms with Gasteiger partial charge >= 0.3 is 0 Å². The lowest BCUT2D eigenvalue weighted by molar-refractivity contribution is 0.100. The topological polar surface area (TPSA) is 116 Å². The number of aromatic nitrogens is 2. The van der Waals surface area contributed by atoms with E-state index in [0.29, 0.717) is 35.5 Å². The van der Waals surface area contributed by atoms with Crippen LogP contribution in [0.5, 0.6) is 11.5 Å². The third-order valence-electron chi connectivity index (χ3n) is 4.76. The van der Waals surface area contributed by atoms with Crippen LogP contribution in [0, 0.1) is 13.8 Å². The number of amides is 1. The summed E-state index contributed by atoms with van der Waals surface area (Å²) in [6.07, 6.45) is 0.708. The third-order valence-corrected chi connectivity index (χ3v) is 5.13. The van der Waals surface area contributed by atoms with Gasteiger partial charge in [-0.2, -0.15) is 0 Å². The summed E-state index contributed by atoms with van der Waals surface area (Å²) in [5.41, 5.74) is 15.4. The molecule has 1 amide bonds. The Balaban J connectivity index is 2.23. The van der Waals surface area contributed by atoms with Gasteiger partial charge in [-0.05, 0) is 25.5 Å². The molecule has 1 aromatic carbocycles. The summed E-state index contributed by atoms with van der Waals surface area (Å²) in [7, 11) is 0. The lowest BCUT2D eigenvalue weighted by Crippen LogP contribution is -2.14. The van der Waals surface area contributed by atoms with Crippen molar-refractivity contribution in [3.63, 3.8) is 0 Å². The molecule has 0 saturated heterocycles. The van der Waals surface area contributed by atoms with Crippen LogP contribution in [0.3, 0.4) is 0 Å². The standard InChI is InChI=1S/C18H17ClN4O3/c1-7-3-4-10(24)13(19)14(7)23-16(20)12(17(21)25)11-15-9(5-6-26-15)8(2)22-18(11)23/h3-4,24H,5-6,20H2,1-2H3,(H2,21,25). The zero-order chi connectivity index (χ0) is 18.7. The molecule has 8 heteroatoms. The summed E-state index contributed by atoms with van der Waals surface area (Å²) >= 11 is 6.35. The number of rotatable bonds is 2. The summed E-state index contributed by atoms with van der Waals surface area (Å²) in [4.78, 5) is 16.8. The molecule has 2 aromatic heterocycles. The fourth-order valence-electron chi connectivity index (χ4n) is 3.55. The summed E-state index contributed by atoms with van der Waals surface area (Å²) in [5.74, 6) is -0.0774. The molecule has 0 fully saturated rings. The second kappa shape index (κ2) is 5.54. The number of aromatic hydroxyl groups is 1. The van der Waals surface area contributed by atoms with Crippen LogP contribution in [0.15, 0.2) is 12.1 Å². The molecule has 0 radical (unpaired) electrons. The van der Waals surface area contributed by atoms with E-state index in [1.165, 1.54) is 6.07 Å². The largest absolute Gasteiger partial charge is 0.506 e. The number of phenolic OH excluding ortho intramolecular Hbond substituents is 1. The van der Waals surface area contributed by atoms with Crippen molar-refractivity contribution < 1.29 is 14.6 Å². The lowest BCUT2D eigenvalue weighted by atomic mass is 10.1. The number of ether oxygens (including phenoxy) is 1. The van der Waals surface area contributed by atoms with Crippen LogP contribution in [0.4, 0.5) is 5.82 Å². The molecular weight excluding hydrogens is 356 g/mol. The number of benzene rings is 1. The first-order valence-corrected chi connectivity index (χ1v) is 8.45. The molecular formula is C18H17ClN4O3. The lowest BCUT2D eigenvalue weighted by Gasteiger charge is -2.14. The number of carbonyl (C=O) groups is 1. The number of phenols is 1. The van der Waals surface area contributed by atoms with Crippen molar-refractivity contribution in [2.75, 3.05) is 12.3 Å². The predicted molar refractivity (Wildman–Crippen MR) is 99.3 cm³/mol. The maximum absolute atomic E-state index is 12.2. The number of halogens is 1. The molecule has 3 aromatic rings.